The van der Waals surface area contributed by atoms with Crippen LogP contribution in [0.3, 0.4) is 0 Å². The lowest BCUT2D eigenvalue weighted by Gasteiger charge is -2.10. The maximum Gasteiger partial charge on any atom is 0.325 e. The monoisotopic (exact) mass is 340 g/mol. The number of nitro groups is 1. The van der Waals surface area contributed by atoms with Crippen LogP contribution in [0.4, 0.5) is 5.69 Å². The molecule has 0 saturated heterocycles. The standard InChI is InChI=1S/C15H20N2O5S/c1-9(2)6-7-23-13-5-4-11(8-12(13)17(21)22)14(18)16-10(3)15(19)20/h4-5,8-10H,6-7H2,1-3H3,(H,16,18)(H,19,20)/t10-/m1/s1. The molecule has 0 aliphatic carbocycles. The Bertz CT molecular complexity index is 604. The zero-order chi connectivity index (χ0) is 17.6. The molecule has 0 aliphatic rings. The number of aliphatic carboxylic acids is 1. The summed E-state index contributed by atoms with van der Waals surface area (Å²) in [4.78, 5) is 33.8. The van der Waals surface area contributed by atoms with E-state index in [1.54, 1.807) is 0 Å². The number of rotatable bonds is 8. The van der Waals surface area contributed by atoms with Gasteiger partial charge in [-0.25, -0.2) is 0 Å². The van der Waals surface area contributed by atoms with Gasteiger partial charge in [0.25, 0.3) is 11.6 Å². The molecule has 1 amide bonds. The minimum Gasteiger partial charge on any atom is -0.480 e. The highest BCUT2D eigenvalue weighted by Crippen LogP contribution is 2.31. The number of carboxylic acid groups (broad SMARTS) is 1. The van der Waals surface area contributed by atoms with Gasteiger partial charge in [0.1, 0.15) is 6.04 Å². The lowest BCUT2D eigenvalue weighted by molar-refractivity contribution is -0.387. The second kappa shape index (κ2) is 8.52. The zero-order valence-corrected chi connectivity index (χ0v) is 14.1. The van der Waals surface area contributed by atoms with Crippen LogP contribution in [0.1, 0.15) is 37.6 Å². The maximum absolute atomic E-state index is 11.9. The first-order chi connectivity index (χ1) is 10.7. The Morgan fingerprint density at radius 2 is 2.00 bits per heavy atom. The van der Waals surface area contributed by atoms with E-state index in [1.807, 2.05) is 0 Å². The number of amides is 1. The number of nitrogens with zero attached hydrogens (tertiary/aromatic N) is 1. The molecule has 0 radical (unpaired) electrons. The van der Waals surface area contributed by atoms with Crippen LogP contribution in [-0.2, 0) is 4.79 Å². The van der Waals surface area contributed by atoms with Crippen molar-refractivity contribution < 1.29 is 19.6 Å². The Morgan fingerprint density at radius 1 is 1.35 bits per heavy atom. The molecule has 0 bridgehead atoms. The van der Waals surface area contributed by atoms with Crippen LogP contribution in [-0.4, -0.2) is 33.7 Å². The van der Waals surface area contributed by atoms with Crippen molar-refractivity contribution in [3.63, 3.8) is 0 Å². The van der Waals surface area contributed by atoms with Crippen LogP contribution in [0.15, 0.2) is 23.1 Å². The molecule has 23 heavy (non-hydrogen) atoms. The Morgan fingerprint density at radius 3 is 2.52 bits per heavy atom. The minimum atomic E-state index is -1.17. The van der Waals surface area contributed by atoms with Gasteiger partial charge in [0, 0.05) is 11.6 Å². The summed E-state index contributed by atoms with van der Waals surface area (Å²) in [5, 5.41) is 22.2. The highest BCUT2D eigenvalue weighted by Gasteiger charge is 2.20. The zero-order valence-electron chi connectivity index (χ0n) is 13.2. The molecule has 0 unspecified atom stereocenters. The van der Waals surface area contributed by atoms with Gasteiger partial charge in [0.15, 0.2) is 0 Å². The molecule has 0 saturated carbocycles. The predicted octanol–water partition coefficient (Wildman–Crippen LogP) is 2.94. The predicted molar refractivity (Wildman–Crippen MR) is 87.8 cm³/mol. The molecular formula is C15H20N2O5S. The number of hydrogen-bond donors (Lipinski definition) is 2. The average Bonchev–Trinajstić information content (AvgIpc) is 2.46. The van der Waals surface area contributed by atoms with Crippen LogP contribution in [0.5, 0.6) is 0 Å². The van der Waals surface area contributed by atoms with E-state index in [-0.39, 0.29) is 11.3 Å². The number of hydrogen-bond acceptors (Lipinski definition) is 5. The highest BCUT2D eigenvalue weighted by atomic mass is 32.2. The molecule has 1 atom stereocenters. The van der Waals surface area contributed by atoms with Gasteiger partial charge in [-0.1, -0.05) is 13.8 Å². The summed E-state index contributed by atoms with van der Waals surface area (Å²) in [7, 11) is 0. The molecule has 2 N–H and O–H groups in total. The summed E-state index contributed by atoms with van der Waals surface area (Å²) in [6.45, 7) is 5.48. The van der Waals surface area contributed by atoms with Crippen molar-refractivity contribution in [2.75, 3.05) is 5.75 Å². The Labute approximate surface area is 138 Å². The third-order valence-electron chi connectivity index (χ3n) is 3.09. The summed E-state index contributed by atoms with van der Waals surface area (Å²) in [5.41, 5.74) is -0.0765. The lowest BCUT2D eigenvalue weighted by atomic mass is 10.1. The Kier molecular flexibility index (Phi) is 7.02. The van der Waals surface area contributed by atoms with Crippen LogP contribution in [0.25, 0.3) is 0 Å². The number of carbonyl (C=O) groups excluding carboxylic acids is 1. The fourth-order valence-corrected chi connectivity index (χ4v) is 2.92. The average molecular weight is 340 g/mol. The molecule has 0 fully saturated rings. The van der Waals surface area contributed by atoms with Crippen LogP contribution >= 0.6 is 11.8 Å². The third-order valence-corrected chi connectivity index (χ3v) is 4.18. The van der Waals surface area contributed by atoms with Gasteiger partial charge in [-0.15, -0.1) is 11.8 Å². The topological polar surface area (TPSA) is 110 Å². The summed E-state index contributed by atoms with van der Waals surface area (Å²) in [6, 6.07) is 3.11. The lowest BCUT2D eigenvalue weighted by Crippen LogP contribution is -2.38. The van der Waals surface area contributed by atoms with Crippen LogP contribution in [0, 0.1) is 16.0 Å². The number of thioether (sulfide) groups is 1. The number of carbonyl (C=O) groups is 2. The van der Waals surface area contributed by atoms with Crippen molar-refractivity contribution >= 4 is 29.3 Å². The Balaban J connectivity index is 2.92. The number of nitrogens with one attached hydrogen (secondary N) is 1. The van der Waals surface area contributed by atoms with Gasteiger partial charge in [0.05, 0.1) is 9.82 Å². The summed E-state index contributed by atoms with van der Waals surface area (Å²) >= 11 is 1.38. The van der Waals surface area contributed by atoms with Gasteiger partial charge in [-0.2, -0.15) is 0 Å². The van der Waals surface area contributed by atoms with E-state index in [0.29, 0.717) is 10.8 Å². The quantitative estimate of drug-likeness (QED) is 0.428. The second-order valence-electron chi connectivity index (χ2n) is 5.50. The van der Waals surface area contributed by atoms with Gasteiger partial charge in [-0.3, -0.25) is 19.7 Å². The van der Waals surface area contributed by atoms with Gasteiger partial charge >= 0.3 is 5.97 Å². The van der Waals surface area contributed by atoms with Crippen molar-refractivity contribution in [3.8, 4) is 0 Å². The fourth-order valence-electron chi connectivity index (χ4n) is 1.67. The largest absolute Gasteiger partial charge is 0.480 e. The van der Waals surface area contributed by atoms with E-state index in [0.717, 1.165) is 12.2 Å². The van der Waals surface area contributed by atoms with E-state index in [9.17, 15) is 19.7 Å². The highest BCUT2D eigenvalue weighted by molar-refractivity contribution is 7.99. The molecular weight excluding hydrogens is 320 g/mol. The van der Waals surface area contributed by atoms with Crippen molar-refractivity contribution in [1.82, 2.24) is 5.32 Å². The van der Waals surface area contributed by atoms with Gasteiger partial charge in [0.2, 0.25) is 0 Å². The molecule has 0 aromatic heterocycles. The SMILES string of the molecule is CC(C)CCSc1ccc(C(=O)N[C@H](C)C(=O)O)cc1[N+](=O)[O-]. The molecule has 0 heterocycles. The molecule has 1 rings (SSSR count). The number of nitro benzene ring substituents is 1. The normalized spacial score (nSPS) is 12.0. The fraction of sp³-hybridized carbons (Fsp3) is 0.467. The smallest absolute Gasteiger partial charge is 0.325 e. The summed E-state index contributed by atoms with van der Waals surface area (Å²) in [5.74, 6) is -0.570. The van der Waals surface area contributed by atoms with Crippen LogP contribution < -0.4 is 5.32 Å². The Hall–Kier alpha value is -2.09. The molecule has 0 aliphatic heterocycles. The van der Waals surface area contributed by atoms with Gasteiger partial charge < -0.3 is 10.4 Å². The van der Waals surface area contributed by atoms with Crippen molar-refractivity contribution in [3.05, 3.63) is 33.9 Å². The van der Waals surface area contributed by atoms with E-state index in [2.05, 4.69) is 19.2 Å². The van der Waals surface area contributed by atoms with E-state index in [1.165, 1.54) is 36.9 Å². The molecule has 1 aromatic carbocycles. The van der Waals surface area contributed by atoms with E-state index >= 15 is 0 Å². The molecule has 0 spiro atoms. The first-order valence-corrected chi connectivity index (χ1v) is 8.15. The molecule has 8 heteroatoms. The van der Waals surface area contributed by atoms with Crippen LogP contribution in [0.2, 0.25) is 0 Å². The van der Waals surface area contributed by atoms with Crippen molar-refractivity contribution in [1.29, 1.82) is 0 Å². The first-order valence-electron chi connectivity index (χ1n) is 7.17. The van der Waals surface area contributed by atoms with Crippen molar-refractivity contribution in [2.24, 2.45) is 5.92 Å². The third kappa shape index (κ3) is 5.90. The second-order valence-corrected chi connectivity index (χ2v) is 6.64. The van der Waals surface area contributed by atoms with Crippen molar-refractivity contribution in [2.45, 2.75) is 38.1 Å². The van der Waals surface area contributed by atoms with Gasteiger partial charge in [-0.05, 0) is 37.1 Å². The maximum atomic E-state index is 11.9. The molecule has 7 nitrogen and oxygen atoms in total. The van der Waals surface area contributed by atoms with E-state index in [4.69, 9.17) is 5.11 Å². The summed E-state index contributed by atoms with van der Waals surface area (Å²) < 4.78 is 0. The molecule has 126 valence electrons. The van der Waals surface area contributed by atoms with E-state index < -0.39 is 22.8 Å². The number of carboxylic acids is 1. The minimum absolute atomic E-state index is 0.0676. The molecule has 1 aromatic rings. The first kappa shape index (κ1) is 19.0. The summed E-state index contributed by atoms with van der Waals surface area (Å²) in [6.07, 6.45) is 0.931. The number of benzene rings is 1.